The Morgan fingerprint density at radius 1 is 1.21 bits per heavy atom. The number of anilines is 1. The highest BCUT2D eigenvalue weighted by atomic mass is 35.5. The van der Waals surface area contributed by atoms with Crippen molar-refractivity contribution in [1.82, 2.24) is 10.3 Å². The summed E-state index contributed by atoms with van der Waals surface area (Å²) >= 11 is 6.10. The van der Waals surface area contributed by atoms with Crippen molar-refractivity contribution in [2.45, 2.75) is 24.7 Å². The highest BCUT2D eigenvalue weighted by Gasteiger charge is 2.31. The van der Waals surface area contributed by atoms with Gasteiger partial charge in [-0.1, -0.05) is 18.5 Å². The van der Waals surface area contributed by atoms with E-state index in [1.807, 2.05) is 0 Å². The highest BCUT2D eigenvalue weighted by molar-refractivity contribution is 7.91. The summed E-state index contributed by atoms with van der Waals surface area (Å²) in [4.78, 5) is 28.1. The van der Waals surface area contributed by atoms with E-state index >= 15 is 0 Å². The van der Waals surface area contributed by atoms with Crippen LogP contribution in [0.2, 0.25) is 5.02 Å². The Balaban J connectivity index is 1.99. The number of fused-ring (bicyclic) bond motifs is 1. The number of primary amides is 1. The predicted octanol–water partition coefficient (Wildman–Crippen LogP) is 3.02. The van der Waals surface area contributed by atoms with Crippen molar-refractivity contribution in [3.05, 3.63) is 40.9 Å². The van der Waals surface area contributed by atoms with Crippen molar-refractivity contribution in [1.29, 1.82) is 0 Å². The molecule has 11 heteroatoms. The first-order chi connectivity index (χ1) is 16.1. The number of H-pyrrole nitrogens is 1. The molecule has 1 fully saturated rings. The second-order valence-corrected chi connectivity index (χ2v) is 10.9. The van der Waals surface area contributed by atoms with Crippen LogP contribution in [-0.4, -0.2) is 49.2 Å². The third-order valence-electron chi connectivity index (χ3n) is 6.05. The van der Waals surface area contributed by atoms with Gasteiger partial charge in [0.25, 0.3) is 5.91 Å². The number of hydrogen-bond donors (Lipinski definition) is 5. The minimum Gasteiger partial charge on any atom is -0.505 e. The first-order valence-electron chi connectivity index (χ1n) is 10.8. The normalized spacial score (nSPS) is 14.9. The van der Waals surface area contributed by atoms with Crippen LogP contribution in [0.3, 0.4) is 0 Å². The maximum absolute atomic E-state index is 13.1. The first kappa shape index (κ1) is 24.1. The van der Waals surface area contributed by atoms with Crippen LogP contribution in [0.25, 0.3) is 22.2 Å². The van der Waals surface area contributed by atoms with Crippen LogP contribution in [0.4, 0.5) is 5.69 Å². The molecule has 0 atom stereocenters. The minimum atomic E-state index is -3.90. The van der Waals surface area contributed by atoms with Crippen LogP contribution < -0.4 is 16.4 Å². The monoisotopic (exact) mass is 504 g/mol. The quantitative estimate of drug-likeness (QED) is 0.325. The van der Waals surface area contributed by atoms with Gasteiger partial charge in [0.1, 0.15) is 0 Å². The number of sulfone groups is 1. The molecule has 9 nitrogen and oxygen atoms in total. The second kappa shape index (κ2) is 9.28. The number of halogens is 1. The molecule has 0 saturated carbocycles. The fraction of sp³-hybridized carbons (Fsp3) is 0.304. The SMILES string of the molecule is CCS(=O)(=O)c1cc(C(N)=O)c(O)c(NC(=O)C2CCNCC2)c1-c1cc2cc(Cl)ccc2[nH]1. The molecule has 1 aromatic heterocycles. The minimum absolute atomic E-state index is 0.0546. The maximum Gasteiger partial charge on any atom is 0.252 e. The molecule has 0 bridgehead atoms. The molecule has 4 rings (SSSR count). The number of amides is 2. The largest absolute Gasteiger partial charge is 0.505 e. The molecule has 1 aliphatic heterocycles. The molecule has 34 heavy (non-hydrogen) atoms. The molecule has 0 radical (unpaired) electrons. The summed E-state index contributed by atoms with van der Waals surface area (Å²) in [5, 5.41) is 18.0. The van der Waals surface area contributed by atoms with Gasteiger partial charge < -0.3 is 26.5 Å². The van der Waals surface area contributed by atoms with Crippen molar-refractivity contribution in [3.63, 3.8) is 0 Å². The van der Waals surface area contributed by atoms with E-state index in [0.29, 0.717) is 47.6 Å². The van der Waals surface area contributed by atoms with E-state index < -0.39 is 27.1 Å². The Morgan fingerprint density at radius 3 is 2.56 bits per heavy atom. The van der Waals surface area contributed by atoms with Crippen LogP contribution >= 0.6 is 11.6 Å². The molecular weight excluding hydrogens is 480 g/mol. The Bertz CT molecular complexity index is 1390. The molecule has 0 aliphatic carbocycles. The van der Waals surface area contributed by atoms with E-state index in [1.165, 1.54) is 6.92 Å². The van der Waals surface area contributed by atoms with Crippen molar-refractivity contribution in [2.75, 3.05) is 24.2 Å². The standard InChI is InChI=1S/C23H25ClN4O5S/c1-2-34(32,33)18-11-15(22(25)30)21(29)20(28-23(31)12-5-7-26-8-6-12)19(18)17-10-13-9-14(24)3-4-16(13)27-17/h3-4,9-12,26-27,29H,2,5-8H2,1H3,(H2,25,30)(H,28,31). The molecule has 1 aliphatic rings. The summed E-state index contributed by atoms with van der Waals surface area (Å²) in [7, 11) is -3.90. The third kappa shape index (κ3) is 4.48. The van der Waals surface area contributed by atoms with Crippen LogP contribution in [0.15, 0.2) is 35.2 Å². The van der Waals surface area contributed by atoms with E-state index in [2.05, 4.69) is 15.6 Å². The number of hydrogen-bond acceptors (Lipinski definition) is 6. The molecule has 2 heterocycles. The average Bonchev–Trinajstić information content (AvgIpc) is 3.23. The number of aromatic hydroxyl groups is 1. The van der Waals surface area contributed by atoms with Gasteiger partial charge in [0.05, 0.1) is 27.6 Å². The van der Waals surface area contributed by atoms with E-state index in [4.69, 9.17) is 17.3 Å². The van der Waals surface area contributed by atoms with Gasteiger partial charge in [0, 0.05) is 27.4 Å². The van der Waals surface area contributed by atoms with Crippen molar-refractivity contribution in [2.24, 2.45) is 11.7 Å². The Labute approximate surface area is 201 Å². The van der Waals surface area contributed by atoms with E-state index in [0.717, 1.165) is 6.07 Å². The van der Waals surface area contributed by atoms with Gasteiger partial charge in [-0.2, -0.15) is 0 Å². The molecule has 0 spiro atoms. The lowest BCUT2D eigenvalue weighted by Gasteiger charge is -2.24. The van der Waals surface area contributed by atoms with Crippen LogP contribution in [0.1, 0.15) is 30.1 Å². The highest BCUT2D eigenvalue weighted by Crippen LogP contribution is 2.44. The van der Waals surface area contributed by atoms with Crippen LogP contribution in [0, 0.1) is 5.92 Å². The van der Waals surface area contributed by atoms with Crippen LogP contribution in [0.5, 0.6) is 5.75 Å². The summed E-state index contributed by atoms with van der Waals surface area (Å²) in [6.45, 7) is 2.79. The fourth-order valence-corrected chi connectivity index (χ4v) is 5.49. The van der Waals surface area contributed by atoms with E-state index in [9.17, 15) is 23.1 Å². The number of piperidine rings is 1. The molecule has 2 amide bonds. The molecular formula is C23H25ClN4O5S. The van der Waals surface area contributed by atoms with Gasteiger partial charge in [-0.3, -0.25) is 9.59 Å². The van der Waals surface area contributed by atoms with Crippen molar-refractivity contribution in [3.8, 4) is 17.0 Å². The Morgan fingerprint density at radius 2 is 1.91 bits per heavy atom. The summed E-state index contributed by atoms with van der Waals surface area (Å²) in [6.07, 6.45) is 1.17. The Kier molecular flexibility index (Phi) is 6.57. The average molecular weight is 505 g/mol. The van der Waals surface area contributed by atoms with Gasteiger partial charge in [0.15, 0.2) is 15.6 Å². The van der Waals surface area contributed by atoms with Gasteiger partial charge >= 0.3 is 0 Å². The maximum atomic E-state index is 13.1. The van der Waals surface area contributed by atoms with Gasteiger partial charge in [-0.05, 0) is 56.3 Å². The lowest BCUT2D eigenvalue weighted by atomic mass is 9.96. The lowest BCUT2D eigenvalue weighted by Crippen LogP contribution is -2.34. The number of carbonyl (C=O) groups is 2. The van der Waals surface area contributed by atoms with Crippen molar-refractivity contribution < 1.29 is 23.1 Å². The van der Waals surface area contributed by atoms with Crippen LogP contribution in [-0.2, 0) is 14.6 Å². The van der Waals surface area contributed by atoms with Crippen molar-refractivity contribution >= 4 is 49.8 Å². The summed E-state index contributed by atoms with van der Waals surface area (Å²) < 4.78 is 26.2. The molecule has 2 aromatic carbocycles. The smallest absolute Gasteiger partial charge is 0.252 e. The summed E-state index contributed by atoms with van der Waals surface area (Å²) in [5.41, 5.74) is 5.93. The first-order valence-corrected chi connectivity index (χ1v) is 12.9. The number of nitrogens with two attached hydrogens (primary N) is 1. The Hall–Kier alpha value is -3.08. The zero-order chi connectivity index (χ0) is 24.6. The molecule has 1 saturated heterocycles. The van der Waals surface area contributed by atoms with E-state index in [1.54, 1.807) is 24.3 Å². The third-order valence-corrected chi connectivity index (χ3v) is 8.04. The molecule has 3 aromatic rings. The van der Waals surface area contributed by atoms with E-state index in [-0.39, 0.29) is 33.7 Å². The zero-order valence-corrected chi connectivity index (χ0v) is 20.0. The predicted molar refractivity (Wildman–Crippen MR) is 131 cm³/mol. The number of aromatic amines is 1. The lowest BCUT2D eigenvalue weighted by molar-refractivity contribution is -0.120. The molecule has 0 unspecified atom stereocenters. The number of carbonyl (C=O) groups excluding carboxylic acids is 2. The zero-order valence-electron chi connectivity index (χ0n) is 18.4. The van der Waals surface area contributed by atoms with Gasteiger partial charge in [-0.15, -0.1) is 0 Å². The molecule has 6 N–H and O–H groups in total. The number of nitrogens with one attached hydrogen (secondary N) is 3. The molecule has 180 valence electrons. The number of rotatable bonds is 6. The van der Waals surface area contributed by atoms with Gasteiger partial charge in [0.2, 0.25) is 5.91 Å². The number of benzene rings is 2. The topological polar surface area (TPSA) is 154 Å². The number of phenols is 1. The van der Waals surface area contributed by atoms with Gasteiger partial charge in [-0.25, -0.2) is 8.42 Å². The number of aromatic nitrogens is 1. The summed E-state index contributed by atoms with van der Waals surface area (Å²) in [6, 6.07) is 7.86. The second-order valence-electron chi connectivity index (χ2n) is 8.22. The fourth-order valence-electron chi connectivity index (χ4n) is 4.17. The summed E-state index contributed by atoms with van der Waals surface area (Å²) in [5.74, 6) is -2.58.